The summed E-state index contributed by atoms with van der Waals surface area (Å²) in [7, 11) is -3.56. The van der Waals surface area contributed by atoms with Crippen LogP contribution >= 0.6 is 0 Å². The molecule has 0 aliphatic rings. The largest absolute Gasteiger partial charge is 0.356 e. The number of hydrogen-bond acceptors (Lipinski definition) is 3. The number of benzene rings is 2. The monoisotopic (exact) mass is 332 g/mol. The lowest BCUT2D eigenvalue weighted by Crippen LogP contribution is -2.24. The Morgan fingerprint density at radius 2 is 1.65 bits per heavy atom. The van der Waals surface area contributed by atoms with Crippen LogP contribution in [0.5, 0.6) is 0 Å². The van der Waals surface area contributed by atoms with Crippen LogP contribution < -0.4 is 10.0 Å². The van der Waals surface area contributed by atoms with Crippen molar-refractivity contribution in [1.29, 1.82) is 0 Å². The molecule has 0 heterocycles. The van der Waals surface area contributed by atoms with Crippen molar-refractivity contribution in [2.45, 2.75) is 24.7 Å². The molecule has 0 atom stereocenters. The van der Waals surface area contributed by atoms with Crippen molar-refractivity contribution in [3.8, 4) is 0 Å². The highest BCUT2D eigenvalue weighted by atomic mass is 32.2. The number of sulfonamides is 1. The molecule has 2 N–H and O–H groups in total. The van der Waals surface area contributed by atoms with Gasteiger partial charge in [-0.05, 0) is 36.2 Å². The van der Waals surface area contributed by atoms with E-state index in [4.69, 9.17) is 0 Å². The van der Waals surface area contributed by atoms with E-state index in [1.807, 2.05) is 19.1 Å². The highest BCUT2D eigenvalue weighted by Crippen LogP contribution is 2.16. The molecular weight excluding hydrogens is 312 g/mol. The minimum absolute atomic E-state index is 0.0252. The number of carbonyl (C=O) groups is 1. The molecule has 122 valence electrons. The second-order valence-electron chi connectivity index (χ2n) is 5.07. The Morgan fingerprint density at radius 1 is 1.00 bits per heavy atom. The van der Waals surface area contributed by atoms with E-state index < -0.39 is 10.0 Å². The van der Waals surface area contributed by atoms with Gasteiger partial charge in [0.05, 0.1) is 4.90 Å². The van der Waals surface area contributed by atoms with Crippen LogP contribution in [0.15, 0.2) is 59.5 Å². The quantitative estimate of drug-likeness (QED) is 0.818. The maximum Gasteiger partial charge on any atom is 0.261 e. The van der Waals surface area contributed by atoms with Crippen LogP contribution in [0.25, 0.3) is 0 Å². The zero-order valence-corrected chi connectivity index (χ0v) is 13.8. The van der Waals surface area contributed by atoms with Crippen molar-refractivity contribution in [3.63, 3.8) is 0 Å². The van der Waals surface area contributed by atoms with Crippen LogP contribution in [0.1, 0.15) is 18.9 Å². The molecule has 0 fully saturated rings. The van der Waals surface area contributed by atoms with Gasteiger partial charge in [0.25, 0.3) is 10.0 Å². The Bertz CT molecular complexity index is 741. The second kappa shape index (κ2) is 7.78. The molecule has 2 aromatic carbocycles. The number of rotatable bonds is 7. The molecule has 2 rings (SSSR count). The molecule has 0 bridgehead atoms. The number of hydrogen-bond donors (Lipinski definition) is 2. The van der Waals surface area contributed by atoms with Gasteiger partial charge in [0.1, 0.15) is 0 Å². The third-order valence-electron chi connectivity index (χ3n) is 3.32. The Kier molecular flexibility index (Phi) is 5.76. The van der Waals surface area contributed by atoms with Crippen molar-refractivity contribution < 1.29 is 13.2 Å². The molecule has 0 aliphatic carbocycles. The molecule has 0 radical (unpaired) electrons. The van der Waals surface area contributed by atoms with Gasteiger partial charge in [-0.15, -0.1) is 0 Å². The third kappa shape index (κ3) is 5.10. The smallest absolute Gasteiger partial charge is 0.261 e. The maximum atomic E-state index is 12.2. The van der Waals surface area contributed by atoms with Gasteiger partial charge in [-0.25, -0.2) is 8.42 Å². The molecular formula is C17H20N2O3S. The predicted octanol–water partition coefficient (Wildman–Crippen LogP) is 2.56. The first-order valence-corrected chi connectivity index (χ1v) is 8.93. The van der Waals surface area contributed by atoms with Gasteiger partial charge >= 0.3 is 0 Å². The fraction of sp³-hybridized carbons (Fsp3) is 0.235. The van der Waals surface area contributed by atoms with Gasteiger partial charge in [-0.1, -0.05) is 37.3 Å². The van der Waals surface area contributed by atoms with Crippen molar-refractivity contribution in [2.24, 2.45) is 0 Å². The summed E-state index contributed by atoms with van der Waals surface area (Å²) in [6.45, 7) is 2.38. The number of amides is 1. The van der Waals surface area contributed by atoms with E-state index in [0.717, 1.165) is 5.56 Å². The zero-order chi connectivity index (χ0) is 16.7. The molecule has 23 heavy (non-hydrogen) atoms. The van der Waals surface area contributed by atoms with Gasteiger partial charge in [0, 0.05) is 18.7 Å². The molecule has 2 aromatic rings. The zero-order valence-electron chi connectivity index (χ0n) is 13.0. The van der Waals surface area contributed by atoms with Gasteiger partial charge in [0.15, 0.2) is 0 Å². The molecule has 0 spiro atoms. The number of anilines is 1. The molecule has 0 aromatic heterocycles. The Morgan fingerprint density at radius 3 is 2.26 bits per heavy atom. The summed E-state index contributed by atoms with van der Waals surface area (Å²) in [6, 6.07) is 15.4. The molecule has 0 saturated carbocycles. The van der Waals surface area contributed by atoms with Gasteiger partial charge in [-0.2, -0.15) is 0 Å². The number of nitrogens with one attached hydrogen (secondary N) is 2. The van der Waals surface area contributed by atoms with Gasteiger partial charge in [-0.3, -0.25) is 9.52 Å². The third-order valence-corrected chi connectivity index (χ3v) is 4.71. The SMILES string of the molecule is CCC(=O)NCCc1ccc(NS(=O)(=O)c2ccccc2)cc1. The minimum Gasteiger partial charge on any atom is -0.356 e. The van der Waals surface area contributed by atoms with E-state index in [1.54, 1.807) is 42.5 Å². The summed E-state index contributed by atoms with van der Waals surface area (Å²) in [4.78, 5) is 11.4. The van der Waals surface area contributed by atoms with E-state index in [-0.39, 0.29) is 10.8 Å². The lowest BCUT2D eigenvalue weighted by molar-refractivity contribution is -0.120. The van der Waals surface area contributed by atoms with Gasteiger partial charge in [0.2, 0.25) is 5.91 Å². The lowest BCUT2D eigenvalue weighted by atomic mass is 10.1. The molecule has 0 aliphatic heterocycles. The van der Waals surface area contributed by atoms with Crippen molar-refractivity contribution in [3.05, 3.63) is 60.2 Å². The highest BCUT2D eigenvalue weighted by molar-refractivity contribution is 7.92. The van der Waals surface area contributed by atoms with Crippen LogP contribution in [0.3, 0.4) is 0 Å². The summed E-state index contributed by atoms with van der Waals surface area (Å²) >= 11 is 0. The number of carbonyl (C=O) groups excluding carboxylic acids is 1. The average molecular weight is 332 g/mol. The van der Waals surface area contributed by atoms with Crippen molar-refractivity contribution in [1.82, 2.24) is 5.32 Å². The summed E-state index contributed by atoms with van der Waals surface area (Å²) < 4.78 is 27.0. The Balaban J connectivity index is 1.96. The molecule has 6 heteroatoms. The molecule has 0 unspecified atom stereocenters. The maximum absolute atomic E-state index is 12.2. The first-order chi connectivity index (χ1) is 11.0. The van der Waals surface area contributed by atoms with Gasteiger partial charge < -0.3 is 5.32 Å². The highest BCUT2D eigenvalue weighted by Gasteiger charge is 2.13. The second-order valence-corrected chi connectivity index (χ2v) is 6.75. The lowest BCUT2D eigenvalue weighted by Gasteiger charge is -2.09. The first-order valence-electron chi connectivity index (χ1n) is 7.45. The normalized spacial score (nSPS) is 11.0. The van der Waals surface area contributed by atoms with E-state index in [1.165, 1.54) is 0 Å². The van der Waals surface area contributed by atoms with E-state index in [0.29, 0.717) is 25.1 Å². The Labute approximate surface area is 136 Å². The van der Waals surface area contributed by atoms with Crippen molar-refractivity contribution in [2.75, 3.05) is 11.3 Å². The van der Waals surface area contributed by atoms with Crippen LogP contribution in [0, 0.1) is 0 Å². The predicted molar refractivity (Wildman–Crippen MR) is 90.7 cm³/mol. The van der Waals surface area contributed by atoms with Crippen molar-refractivity contribution >= 4 is 21.6 Å². The van der Waals surface area contributed by atoms with E-state index >= 15 is 0 Å². The van der Waals surface area contributed by atoms with Crippen LogP contribution in [0.2, 0.25) is 0 Å². The molecule has 0 saturated heterocycles. The van der Waals surface area contributed by atoms with Crippen LogP contribution in [-0.4, -0.2) is 20.9 Å². The van der Waals surface area contributed by atoms with E-state index in [2.05, 4.69) is 10.0 Å². The van der Waals surface area contributed by atoms with Crippen LogP contribution in [0.4, 0.5) is 5.69 Å². The Hall–Kier alpha value is -2.34. The molecule has 1 amide bonds. The average Bonchev–Trinajstić information content (AvgIpc) is 2.57. The van der Waals surface area contributed by atoms with Crippen LogP contribution in [-0.2, 0) is 21.2 Å². The molecule has 5 nitrogen and oxygen atoms in total. The fourth-order valence-corrected chi connectivity index (χ4v) is 3.10. The topological polar surface area (TPSA) is 75.3 Å². The summed E-state index contributed by atoms with van der Waals surface area (Å²) in [6.07, 6.45) is 1.18. The summed E-state index contributed by atoms with van der Waals surface area (Å²) in [5, 5.41) is 2.80. The van der Waals surface area contributed by atoms with E-state index in [9.17, 15) is 13.2 Å². The summed E-state index contributed by atoms with van der Waals surface area (Å²) in [5.74, 6) is 0.0252. The first kappa shape index (κ1) is 17.0. The fourth-order valence-electron chi connectivity index (χ4n) is 2.02. The standard InChI is InChI=1S/C17H20N2O3S/c1-2-17(20)18-13-12-14-8-10-15(11-9-14)19-23(21,22)16-6-4-3-5-7-16/h3-11,19H,2,12-13H2,1H3,(H,18,20). The summed E-state index contributed by atoms with van der Waals surface area (Å²) in [5.41, 5.74) is 1.54. The minimum atomic E-state index is -3.56.